The fourth-order valence-corrected chi connectivity index (χ4v) is 1.79. The lowest BCUT2D eigenvalue weighted by atomic mass is 10.1. The van der Waals surface area contributed by atoms with Crippen LogP contribution in [0.2, 0.25) is 0 Å². The van der Waals surface area contributed by atoms with Crippen LogP contribution in [0.15, 0.2) is 6.07 Å². The lowest BCUT2D eigenvalue weighted by molar-refractivity contribution is 0.116. The Morgan fingerprint density at radius 2 is 2.00 bits per heavy atom. The Bertz CT molecular complexity index is 366. The molecule has 1 N–H and O–H groups in total. The molecule has 0 unspecified atom stereocenters. The van der Waals surface area contributed by atoms with Crippen molar-refractivity contribution in [3.63, 3.8) is 0 Å². The molecule has 4 nitrogen and oxygen atoms in total. The van der Waals surface area contributed by atoms with Crippen LogP contribution in [0.1, 0.15) is 52.1 Å². The van der Waals surface area contributed by atoms with Crippen LogP contribution in [0, 0.1) is 5.92 Å². The van der Waals surface area contributed by atoms with Crippen molar-refractivity contribution in [2.45, 2.75) is 53.6 Å². The van der Waals surface area contributed by atoms with Crippen molar-refractivity contribution in [2.24, 2.45) is 5.92 Å². The Balaban J connectivity index is 2.75. The van der Waals surface area contributed by atoms with E-state index < -0.39 is 0 Å². The van der Waals surface area contributed by atoms with E-state index in [1.807, 2.05) is 0 Å². The third-order valence-corrected chi connectivity index (χ3v) is 2.58. The van der Waals surface area contributed by atoms with Gasteiger partial charge in [0.2, 0.25) is 0 Å². The summed E-state index contributed by atoms with van der Waals surface area (Å²) in [5.41, 5.74) is 1.10. The van der Waals surface area contributed by atoms with Crippen LogP contribution in [0.3, 0.4) is 0 Å². The number of hydrogen-bond acceptors (Lipinski definition) is 4. The van der Waals surface area contributed by atoms with Gasteiger partial charge in [-0.05, 0) is 25.2 Å². The minimum atomic E-state index is 0.501. The number of anilines is 1. The highest BCUT2D eigenvalue weighted by Crippen LogP contribution is 2.12. The van der Waals surface area contributed by atoms with E-state index in [0.29, 0.717) is 12.5 Å². The summed E-state index contributed by atoms with van der Waals surface area (Å²) in [7, 11) is 0. The summed E-state index contributed by atoms with van der Waals surface area (Å²) in [5.74, 6) is 2.30. The molecule has 0 saturated heterocycles. The molecule has 4 heteroatoms. The molecule has 1 aromatic heterocycles. The van der Waals surface area contributed by atoms with Gasteiger partial charge in [0.15, 0.2) is 5.82 Å². The summed E-state index contributed by atoms with van der Waals surface area (Å²) in [6.45, 7) is 10.9. The van der Waals surface area contributed by atoms with Crippen LogP contribution in [0.5, 0.6) is 0 Å². The van der Waals surface area contributed by atoms with Gasteiger partial charge in [0.1, 0.15) is 12.4 Å². The second-order valence-corrected chi connectivity index (χ2v) is 5.24. The maximum Gasteiger partial charge on any atom is 0.156 e. The molecule has 0 bridgehead atoms. The molecule has 0 aromatic carbocycles. The summed E-state index contributed by atoms with van der Waals surface area (Å²) in [6, 6.07) is 2.05. The second kappa shape index (κ2) is 8.86. The zero-order valence-corrected chi connectivity index (χ0v) is 12.7. The third-order valence-electron chi connectivity index (χ3n) is 2.58. The Hall–Kier alpha value is -1.16. The standard InChI is InChI=1S/C15H27N3O/c1-5-7-16-14-10-13(9-12(3)4)17-15(18-14)11-19-8-6-2/h10,12H,5-9,11H2,1-4H3,(H,16,17,18). The van der Waals surface area contributed by atoms with Crippen molar-refractivity contribution in [2.75, 3.05) is 18.5 Å². The quantitative estimate of drug-likeness (QED) is 0.695. The van der Waals surface area contributed by atoms with Gasteiger partial charge < -0.3 is 10.1 Å². The van der Waals surface area contributed by atoms with Crippen LogP contribution in [0.4, 0.5) is 5.82 Å². The molecule has 1 rings (SSSR count). The maximum absolute atomic E-state index is 5.54. The normalized spacial score (nSPS) is 11.0. The molecule has 1 aromatic rings. The van der Waals surface area contributed by atoms with Gasteiger partial charge in [-0.15, -0.1) is 0 Å². The van der Waals surface area contributed by atoms with Gasteiger partial charge in [-0.2, -0.15) is 0 Å². The van der Waals surface area contributed by atoms with Crippen molar-refractivity contribution < 1.29 is 4.74 Å². The first-order chi connectivity index (χ1) is 9.15. The van der Waals surface area contributed by atoms with E-state index >= 15 is 0 Å². The lowest BCUT2D eigenvalue weighted by Gasteiger charge is -2.11. The molecule has 1 heterocycles. The van der Waals surface area contributed by atoms with E-state index in [2.05, 4.69) is 49.0 Å². The summed E-state index contributed by atoms with van der Waals surface area (Å²) in [4.78, 5) is 9.08. The molecule has 0 amide bonds. The number of hydrogen-bond donors (Lipinski definition) is 1. The first kappa shape index (κ1) is 15.9. The van der Waals surface area contributed by atoms with Gasteiger partial charge in [0.25, 0.3) is 0 Å². The Labute approximate surface area is 117 Å². The highest BCUT2D eigenvalue weighted by molar-refractivity contribution is 5.36. The van der Waals surface area contributed by atoms with E-state index in [1.165, 1.54) is 0 Å². The van der Waals surface area contributed by atoms with Crippen LogP contribution in [0.25, 0.3) is 0 Å². The third kappa shape index (κ3) is 6.53. The number of aromatic nitrogens is 2. The lowest BCUT2D eigenvalue weighted by Crippen LogP contribution is -2.09. The highest BCUT2D eigenvalue weighted by atomic mass is 16.5. The number of ether oxygens (including phenoxy) is 1. The number of nitrogens with one attached hydrogen (secondary N) is 1. The second-order valence-electron chi connectivity index (χ2n) is 5.24. The first-order valence-corrected chi connectivity index (χ1v) is 7.34. The predicted octanol–water partition coefficient (Wildman–Crippen LogP) is 3.42. The van der Waals surface area contributed by atoms with E-state index in [1.54, 1.807) is 0 Å². The molecule has 108 valence electrons. The van der Waals surface area contributed by atoms with Crippen molar-refractivity contribution in [3.05, 3.63) is 17.6 Å². The van der Waals surface area contributed by atoms with E-state index in [9.17, 15) is 0 Å². The van der Waals surface area contributed by atoms with E-state index in [0.717, 1.165) is 49.8 Å². The molecule has 0 aliphatic carbocycles. The molecule has 0 fully saturated rings. The van der Waals surface area contributed by atoms with Gasteiger partial charge in [-0.3, -0.25) is 0 Å². The van der Waals surface area contributed by atoms with Gasteiger partial charge in [0, 0.05) is 24.9 Å². The molecule has 0 radical (unpaired) electrons. The minimum absolute atomic E-state index is 0.501. The first-order valence-electron chi connectivity index (χ1n) is 7.34. The van der Waals surface area contributed by atoms with Crippen LogP contribution in [-0.4, -0.2) is 23.1 Å². The number of rotatable bonds is 9. The zero-order chi connectivity index (χ0) is 14.1. The topological polar surface area (TPSA) is 47.0 Å². The fraction of sp³-hybridized carbons (Fsp3) is 0.733. The number of nitrogens with zero attached hydrogens (tertiary/aromatic N) is 2. The zero-order valence-electron chi connectivity index (χ0n) is 12.7. The van der Waals surface area contributed by atoms with Gasteiger partial charge in [-0.25, -0.2) is 9.97 Å². The fourth-order valence-electron chi connectivity index (χ4n) is 1.79. The Kier molecular flexibility index (Phi) is 7.41. The Morgan fingerprint density at radius 3 is 2.63 bits per heavy atom. The molecule has 19 heavy (non-hydrogen) atoms. The largest absolute Gasteiger partial charge is 0.373 e. The van der Waals surface area contributed by atoms with Crippen molar-refractivity contribution in [1.82, 2.24) is 9.97 Å². The van der Waals surface area contributed by atoms with Crippen LogP contribution in [-0.2, 0) is 17.8 Å². The summed E-state index contributed by atoms with van der Waals surface area (Å²) >= 11 is 0. The van der Waals surface area contributed by atoms with Crippen LogP contribution >= 0.6 is 0 Å². The predicted molar refractivity (Wildman–Crippen MR) is 79.3 cm³/mol. The van der Waals surface area contributed by atoms with E-state index in [-0.39, 0.29) is 0 Å². The molecular weight excluding hydrogens is 238 g/mol. The van der Waals surface area contributed by atoms with Gasteiger partial charge in [0.05, 0.1) is 0 Å². The van der Waals surface area contributed by atoms with Crippen molar-refractivity contribution >= 4 is 5.82 Å². The average molecular weight is 265 g/mol. The SMILES string of the molecule is CCCNc1cc(CC(C)C)nc(COCCC)n1. The molecule has 0 aliphatic heterocycles. The van der Waals surface area contributed by atoms with Crippen LogP contribution < -0.4 is 5.32 Å². The summed E-state index contributed by atoms with van der Waals surface area (Å²) in [5, 5.41) is 3.33. The maximum atomic E-state index is 5.54. The van der Waals surface area contributed by atoms with Crippen molar-refractivity contribution in [1.29, 1.82) is 0 Å². The van der Waals surface area contributed by atoms with E-state index in [4.69, 9.17) is 4.74 Å². The molecule has 0 saturated carbocycles. The molecular formula is C15H27N3O. The molecule has 0 aliphatic rings. The average Bonchev–Trinajstić information content (AvgIpc) is 2.36. The summed E-state index contributed by atoms with van der Waals surface area (Å²) in [6.07, 6.45) is 3.09. The monoisotopic (exact) mass is 265 g/mol. The van der Waals surface area contributed by atoms with Crippen molar-refractivity contribution in [3.8, 4) is 0 Å². The summed E-state index contributed by atoms with van der Waals surface area (Å²) < 4.78 is 5.54. The molecule has 0 spiro atoms. The molecule has 0 atom stereocenters. The Morgan fingerprint density at radius 1 is 1.21 bits per heavy atom. The van der Waals surface area contributed by atoms with Gasteiger partial charge in [-0.1, -0.05) is 27.7 Å². The minimum Gasteiger partial charge on any atom is -0.373 e. The van der Waals surface area contributed by atoms with Gasteiger partial charge >= 0.3 is 0 Å². The smallest absolute Gasteiger partial charge is 0.156 e. The highest BCUT2D eigenvalue weighted by Gasteiger charge is 2.06.